The lowest BCUT2D eigenvalue weighted by molar-refractivity contribution is -0.121. The van der Waals surface area contributed by atoms with E-state index in [1.807, 2.05) is 24.3 Å². The summed E-state index contributed by atoms with van der Waals surface area (Å²) in [5.74, 6) is 1.42. The van der Waals surface area contributed by atoms with Crippen LogP contribution in [0.1, 0.15) is 18.4 Å². The number of carbonyl (C=O) groups is 1. The number of methoxy groups -OCH3 is 1. The SMILES string of the molecule is COc1ccc(CCNC(=O)CCCOc2ccc(Cl)cc2Cl)cc1. The minimum Gasteiger partial charge on any atom is -0.497 e. The number of halogens is 2. The van der Waals surface area contributed by atoms with Crippen LogP contribution in [0.3, 0.4) is 0 Å². The smallest absolute Gasteiger partial charge is 0.220 e. The standard InChI is InChI=1S/C19H21Cl2NO3/c1-24-16-7-4-14(5-8-16)10-11-22-19(23)3-2-12-25-18-9-6-15(20)13-17(18)21/h4-9,13H,2-3,10-12H2,1H3,(H,22,23). The van der Waals surface area contributed by atoms with E-state index in [1.165, 1.54) is 0 Å². The number of hydrogen-bond donors (Lipinski definition) is 1. The van der Waals surface area contributed by atoms with Crippen molar-refractivity contribution in [3.8, 4) is 11.5 Å². The van der Waals surface area contributed by atoms with E-state index in [2.05, 4.69) is 5.32 Å². The van der Waals surface area contributed by atoms with Crippen LogP contribution in [0.15, 0.2) is 42.5 Å². The molecule has 0 aromatic heterocycles. The highest BCUT2D eigenvalue weighted by atomic mass is 35.5. The number of nitrogens with one attached hydrogen (secondary N) is 1. The normalized spacial score (nSPS) is 10.4. The Labute approximate surface area is 158 Å². The highest BCUT2D eigenvalue weighted by Crippen LogP contribution is 2.27. The number of ether oxygens (including phenoxy) is 2. The van der Waals surface area contributed by atoms with Crippen molar-refractivity contribution < 1.29 is 14.3 Å². The van der Waals surface area contributed by atoms with Gasteiger partial charge in [0.2, 0.25) is 5.91 Å². The van der Waals surface area contributed by atoms with Gasteiger partial charge in [0.15, 0.2) is 0 Å². The Morgan fingerprint density at radius 3 is 2.56 bits per heavy atom. The molecule has 0 heterocycles. The molecule has 0 aliphatic heterocycles. The molecular weight excluding hydrogens is 361 g/mol. The third-order valence-corrected chi connectivity index (χ3v) is 4.13. The van der Waals surface area contributed by atoms with Gasteiger partial charge in [-0.05, 0) is 48.7 Å². The van der Waals surface area contributed by atoms with Crippen LogP contribution in [0.4, 0.5) is 0 Å². The van der Waals surface area contributed by atoms with Gasteiger partial charge in [-0.1, -0.05) is 35.3 Å². The highest BCUT2D eigenvalue weighted by molar-refractivity contribution is 6.35. The summed E-state index contributed by atoms with van der Waals surface area (Å²) in [4.78, 5) is 11.8. The maximum atomic E-state index is 11.8. The average molecular weight is 382 g/mol. The summed E-state index contributed by atoms with van der Waals surface area (Å²) in [6.07, 6.45) is 1.81. The fourth-order valence-electron chi connectivity index (χ4n) is 2.23. The molecule has 25 heavy (non-hydrogen) atoms. The Hall–Kier alpha value is -1.91. The summed E-state index contributed by atoms with van der Waals surface area (Å²) >= 11 is 11.8. The second-order valence-electron chi connectivity index (χ2n) is 5.47. The van der Waals surface area contributed by atoms with Crippen molar-refractivity contribution in [3.05, 3.63) is 58.1 Å². The maximum Gasteiger partial charge on any atom is 0.220 e. The van der Waals surface area contributed by atoms with Crippen LogP contribution in [-0.2, 0) is 11.2 Å². The molecule has 4 nitrogen and oxygen atoms in total. The molecule has 0 aliphatic rings. The lowest BCUT2D eigenvalue weighted by Gasteiger charge is -2.09. The van der Waals surface area contributed by atoms with Gasteiger partial charge in [0, 0.05) is 18.0 Å². The van der Waals surface area contributed by atoms with Crippen LogP contribution in [-0.4, -0.2) is 26.2 Å². The van der Waals surface area contributed by atoms with E-state index < -0.39 is 0 Å². The lowest BCUT2D eigenvalue weighted by Crippen LogP contribution is -2.25. The third-order valence-electron chi connectivity index (χ3n) is 3.59. The van der Waals surface area contributed by atoms with Gasteiger partial charge in [-0.3, -0.25) is 4.79 Å². The summed E-state index contributed by atoms with van der Waals surface area (Å²) in [6, 6.07) is 12.9. The van der Waals surface area contributed by atoms with Crippen molar-refractivity contribution in [2.45, 2.75) is 19.3 Å². The van der Waals surface area contributed by atoms with Crippen molar-refractivity contribution >= 4 is 29.1 Å². The molecular formula is C19H21Cl2NO3. The van der Waals surface area contributed by atoms with Gasteiger partial charge in [-0.25, -0.2) is 0 Å². The second-order valence-corrected chi connectivity index (χ2v) is 6.32. The predicted octanol–water partition coefficient (Wildman–Crippen LogP) is 4.52. The number of hydrogen-bond acceptors (Lipinski definition) is 3. The largest absolute Gasteiger partial charge is 0.497 e. The van der Waals surface area contributed by atoms with Crippen LogP contribution in [0.5, 0.6) is 11.5 Å². The lowest BCUT2D eigenvalue weighted by atomic mass is 10.1. The van der Waals surface area contributed by atoms with Crippen LogP contribution in [0, 0.1) is 0 Å². The molecule has 2 aromatic rings. The van der Waals surface area contributed by atoms with E-state index in [1.54, 1.807) is 25.3 Å². The molecule has 1 amide bonds. The van der Waals surface area contributed by atoms with Crippen molar-refractivity contribution in [2.75, 3.05) is 20.3 Å². The second kappa shape index (κ2) is 10.2. The van der Waals surface area contributed by atoms with E-state index in [4.69, 9.17) is 32.7 Å². The van der Waals surface area contributed by atoms with Crippen LogP contribution < -0.4 is 14.8 Å². The molecule has 0 radical (unpaired) electrons. The van der Waals surface area contributed by atoms with Crippen molar-refractivity contribution in [1.82, 2.24) is 5.32 Å². The van der Waals surface area contributed by atoms with E-state index in [9.17, 15) is 4.79 Å². The van der Waals surface area contributed by atoms with E-state index in [0.717, 1.165) is 17.7 Å². The molecule has 0 saturated heterocycles. The van der Waals surface area contributed by atoms with Gasteiger partial charge in [-0.15, -0.1) is 0 Å². The molecule has 2 rings (SSSR count). The summed E-state index contributed by atoms with van der Waals surface area (Å²) in [6.45, 7) is 1.03. The Bertz CT molecular complexity index is 690. The molecule has 0 fully saturated rings. The zero-order chi connectivity index (χ0) is 18.1. The summed E-state index contributed by atoms with van der Waals surface area (Å²) in [5.41, 5.74) is 1.15. The molecule has 0 atom stereocenters. The molecule has 2 aromatic carbocycles. The van der Waals surface area contributed by atoms with Gasteiger partial charge >= 0.3 is 0 Å². The van der Waals surface area contributed by atoms with Crippen molar-refractivity contribution in [3.63, 3.8) is 0 Å². The molecule has 0 spiro atoms. The average Bonchev–Trinajstić information content (AvgIpc) is 2.61. The van der Waals surface area contributed by atoms with Gasteiger partial charge < -0.3 is 14.8 Å². The van der Waals surface area contributed by atoms with E-state index >= 15 is 0 Å². The van der Waals surface area contributed by atoms with Crippen LogP contribution >= 0.6 is 23.2 Å². The zero-order valence-corrected chi connectivity index (χ0v) is 15.6. The number of carbonyl (C=O) groups excluding carboxylic acids is 1. The number of amides is 1. The Morgan fingerprint density at radius 2 is 1.88 bits per heavy atom. The highest BCUT2D eigenvalue weighted by Gasteiger charge is 2.04. The summed E-state index contributed by atoms with van der Waals surface area (Å²) in [7, 11) is 1.64. The topological polar surface area (TPSA) is 47.6 Å². The van der Waals surface area contributed by atoms with Gasteiger partial charge in [-0.2, -0.15) is 0 Å². The Balaban J connectivity index is 1.60. The Morgan fingerprint density at radius 1 is 1.12 bits per heavy atom. The van der Waals surface area contributed by atoms with Gasteiger partial charge in [0.25, 0.3) is 0 Å². The van der Waals surface area contributed by atoms with Gasteiger partial charge in [0.05, 0.1) is 18.7 Å². The van der Waals surface area contributed by atoms with Crippen molar-refractivity contribution in [2.24, 2.45) is 0 Å². The Kier molecular flexibility index (Phi) is 7.89. The van der Waals surface area contributed by atoms with Crippen LogP contribution in [0.2, 0.25) is 10.0 Å². The minimum absolute atomic E-state index is 0.0133. The molecule has 0 saturated carbocycles. The quantitative estimate of drug-likeness (QED) is 0.649. The van der Waals surface area contributed by atoms with E-state index in [-0.39, 0.29) is 5.91 Å². The van der Waals surface area contributed by atoms with E-state index in [0.29, 0.717) is 41.8 Å². The first-order valence-electron chi connectivity index (χ1n) is 8.06. The fourth-order valence-corrected chi connectivity index (χ4v) is 2.70. The molecule has 0 bridgehead atoms. The van der Waals surface area contributed by atoms with Gasteiger partial charge in [0.1, 0.15) is 11.5 Å². The zero-order valence-electron chi connectivity index (χ0n) is 14.1. The fraction of sp³-hybridized carbons (Fsp3) is 0.316. The van der Waals surface area contributed by atoms with Crippen molar-refractivity contribution in [1.29, 1.82) is 0 Å². The molecule has 134 valence electrons. The number of rotatable bonds is 9. The molecule has 6 heteroatoms. The third kappa shape index (κ3) is 6.85. The number of benzene rings is 2. The molecule has 0 aliphatic carbocycles. The minimum atomic E-state index is 0.0133. The monoisotopic (exact) mass is 381 g/mol. The summed E-state index contributed by atoms with van der Waals surface area (Å²) < 4.78 is 10.7. The first kappa shape index (κ1) is 19.4. The molecule has 1 N–H and O–H groups in total. The molecule has 0 unspecified atom stereocenters. The summed E-state index contributed by atoms with van der Waals surface area (Å²) in [5, 5.41) is 3.94. The predicted molar refractivity (Wildman–Crippen MR) is 101 cm³/mol. The first-order valence-corrected chi connectivity index (χ1v) is 8.81. The van der Waals surface area contributed by atoms with Crippen LogP contribution in [0.25, 0.3) is 0 Å². The first-order chi connectivity index (χ1) is 12.1. The maximum absolute atomic E-state index is 11.8.